The number of hydrogen-bond acceptors (Lipinski definition) is 6. The fraction of sp³-hybridized carbons (Fsp3) is 0.200. The lowest BCUT2D eigenvalue weighted by Crippen LogP contribution is -1.96. The minimum Gasteiger partial charge on any atom is -0.493 e. The van der Waals surface area contributed by atoms with Crippen molar-refractivity contribution < 1.29 is 19.0 Å². The van der Waals surface area contributed by atoms with Crippen molar-refractivity contribution in [1.29, 1.82) is 0 Å². The summed E-state index contributed by atoms with van der Waals surface area (Å²) in [5.41, 5.74) is 0.947. The lowest BCUT2D eigenvalue weighted by molar-refractivity contribution is 0.0606. The van der Waals surface area contributed by atoms with Gasteiger partial charge in [-0.3, -0.25) is 0 Å². The first-order chi connectivity index (χ1) is 10.2. The van der Waals surface area contributed by atoms with Gasteiger partial charge >= 0.3 is 5.97 Å². The summed E-state index contributed by atoms with van der Waals surface area (Å²) in [6.45, 7) is 0. The number of nitrogens with zero attached hydrogens (tertiary/aromatic N) is 1. The molecule has 0 N–H and O–H groups in total. The third-order valence-corrected chi connectivity index (χ3v) is 3.68. The van der Waals surface area contributed by atoms with Gasteiger partial charge in [-0.1, -0.05) is 12.1 Å². The largest absolute Gasteiger partial charge is 0.493 e. The number of thiazole rings is 1. The van der Waals surface area contributed by atoms with Gasteiger partial charge in [0.2, 0.25) is 0 Å². The lowest BCUT2D eigenvalue weighted by Gasteiger charge is -2.07. The summed E-state index contributed by atoms with van der Waals surface area (Å²) in [6.07, 6.45) is 5.23. The highest BCUT2D eigenvalue weighted by molar-refractivity contribution is 7.14. The number of ether oxygens (including phenoxy) is 3. The van der Waals surface area contributed by atoms with Gasteiger partial charge in [0.1, 0.15) is 9.88 Å². The van der Waals surface area contributed by atoms with Crippen LogP contribution in [-0.4, -0.2) is 32.3 Å². The van der Waals surface area contributed by atoms with Crippen molar-refractivity contribution >= 4 is 29.5 Å². The maximum Gasteiger partial charge on any atom is 0.349 e. The molecule has 0 aliphatic rings. The number of hydrogen-bond donors (Lipinski definition) is 0. The Bertz CT molecular complexity index is 663. The second-order valence-electron chi connectivity index (χ2n) is 4.00. The number of carbonyl (C=O) groups excluding carboxylic acids is 1. The predicted octanol–water partition coefficient (Wildman–Crippen LogP) is 3.12. The van der Waals surface area contributed by atoms with Crippen LogP contribution in [0, 0.1) is 0 Å². The van der Waals surface area contributed by atoms with Crippen LogP contribution in [0.2, 0.25) is 0 Å². The predicted molar refractivity (Wildman–Crippen MR) is 81.9 cm³/mol. The molecule has 1 aromatic heterocycles. The van der Waals surface area contributed by atoms with Crippen LogP contribution in [0.5, 0.6) is 11.5 Å². The molecule has 0 unspecified atom stereocenters. The molecular weight excluding hydrogens is 290 g/mol. The Labute approximate surface area is 126 Å². The van der Waals surface area contributed by atoms with Crippen molar-refractivity contribution in [1.82, 2.24) is 4.98 Å². The topological polar surface area (TPSA) is 57.7 Å². The molecule has 0 amide bonds. The fourth-order valence-corrected chi connectivity index (χ4v) is 2.42. The van der Waals surface area contributed by atoms with Crippen molar-refractivity contribution in [2.45, 2.75) is 0 Å². The van der Waals surface area contributed by atoms with Gasteiger partial charge in [0.15, 0.2) is 11.5 Å². The van der Waals surface area contributed by atoms with Crippen LogP contribution >= 0.6 is 11.3 Å². The highest BCUT2D eigenvalue weighted by Gasteiger charge is 2.09. The van der Waals surface area contributed by atoms with E-state index in [9.17, 15) is 4.79 Å². The summed E-state index contributed by atoms with van der Waals surface area (Å²) < 4.78 is 15.1. The molecule has 2 rings (SSSR count). The molecule has 110 valence electrons. The minimum atomic E-state index is -0.377. The maximum atomic E-state index is 11.3. The zero-order chi connectivity index (χ0) is 15.2. The Morgan fingerprint density at radius 2 is 1.90 bits per heavy atom. The third kappa shape index (κ3) is 3.61. The van der Waals surface area contributed by atoms with E-state index in [-0.39, 0.29) is 5.97 Å². The van der Waals surface area contributed by atoms with Gasteiger partial charge in [0.25, 0.3) is 0 Å². The van der Waals surface area contributed by atoms with E-state index in [0.29, 0.717) is 16.4 Å². The average Bonchev–Trinajstić information content (AvgIpc) is 3.00. The highest BCUT2D eigenvalue weighted by atomic mass is 32.1. The molecule has 0 atom stereocenters. The molecule has 2 aromatic rings. The van der Waals surface area contributed by atoms with Crippen LogP contribution in [0.15, 0.2) is 24.4 Å². The molecule has 0 radical (unpaired) electrons. The monoisotopic (exact) mass is 305 g/mol. The van der Waals surface area contributed by atoms with E-state index in [1.165, 1.54) is 24.6 Å². The van der Waals surface area contributed by atoms with E-state index >= 15 is 0 Å². The Hall–Kier alpha value is -2.34. The number of carbonyl (C=O) groups is 1. The van der Waals surface area contributed by atoms with Crippen molar-refractivity contribution in [2.24, 2.45) is 0 Å². The van der Waals surface area contributed by atoms with Crippen molar-refractivity contribution in [3.8, 4) is 11.5 Å². The molecule has 0 saturated heterocycles. The second-order valence-corrected chi connectivity index (χ2v) is 5.06. The average molecular weight is 305 g/mol. The Morgan fingerprint density at radius 1 is 1.14 bits per heavy atom. The molecular formula is C15H15NO4S. The number of rotatable bonds is 5. The lowest BCUT2D eigenvalue weighted by atomic mass is 10.2. The van der Waals surface area contributed by atoms with Crippen molar-refractivity contribution in [3.63, 3.8) is 0 Å². The summed E-state index contributed by atoms with van der Waals surface area (Å²) in [5.74, 6) is 0.962. The van der Waals surface area contributed by atoms with Gasteiger partial charge in [-0.25, -0.2) is 9.78 Å². The first-order valence-corrected chi connectivity index (χ1v) is 6.94. The number of aromatic nitrogens is 1. The Balaban J connectivity index is 2.17. The van der Waals surface area contributed by atoms with Gasteiger partial charge in [-0.2, -0.15) is 0 Å². The van der Waals surface area contributed by atoms with E-state index in [4.69, 9.17) is 9.47 Å². The van der Waals surface area contributed by atoms with E-state index in [2.05, 4.69) is 9.72 Å². The standard InChI is InChI=1S/C15H15NO4S/c1-18-11-6-4-10(8-12(11)19-2)5-7-14-16-9-13(21-14)15(17)20-3/h4-9H,1-3H3/b7-5-. The molecule has 0 bridgehead atoms. The number of methoxy groups -OCH3 is 3. The molecule has 1 aromatic carbocycles. The summed E-state index contributed by atoms with van der Waals surface area (Å²) in [5, 5.41) is 0.727. The summed E-state index contributed by atoms with van der Waals surface area (Å²) >= 11 is 1.27. The van der Waals surface area contributed by atoms with Crippen LogP contribution in [0.25, 0.3) is 12.2 Å². The molecule has 0 aliphatic heterocycles. The molecule has 0 aliphatic carbocycles. The van der Waals surface area contributed by atoms with E-state index in [1.807, 2.05) is 30.4 Å². The number of esters is 1. The van der Waals surface area contributed by atoms with Gasteiger partial charge < -0.3 is 14.2 Å². The first-order valence-electron chi connectivity index (χ1n) is 6.12. The van der Waals surface area contributed by atoms with Crippen molar-refractivity contribution in [3.05, 3.63) is 39.8 Å². The number of benzene rings is 1. The Morgan fingerprint density at radius 3 is 2.57 bits per heavy atom. The van der Waals surface area contributed by atoms with Gasteiger partial charge in [-0.15, -0.1) is 11.3 Å². The minimum absolute atomic E-state index is 0.377. The molecule has 0 spiro atoms. The van der Waals surface area contributed by atoms with Gasteiger partial charge in [0.05, 0.1) is 27.5 Å². The van der Waals surface area contributed by atoms with Gasteiger partial charge in [-0.05, 0) is 23.8 Å². The van der Waals surface area contributed by atoms with Crippen LogP contribution in [0.1, 0.15) is 20.2 Å². The van der Waals surface area contributed by atoms with Crippen LogP contribution in [0.4, 0.5) is 0 Å². The van der Waals surface area contributed by atoms with Crippen LogP contribution < -0.4 is 9.47 Å². The Kier molecular flexibility index (Phi) is 4.94. The van der Waals surface area contributed by atoms with E-state index < -0.39 is 0 Å². The van der Waals surface area contributed by atoms with E-state index in [1.54, 1.807) is 14.2 Å². The van der Waals surface area contributed by atoms with Crippen LogP contribution in [-0.2, 0) is 4.74 Å². The highest BCUT2D eigenvalue weighted by Crippen LogP contribution is 2.28. The zero-order valence-corrected chi connectivity index (χ0v) is 12.8. The molecule has 6 heteroatoms. The molecule has 21 heavy (non-hydrogen) atoms. The third-order valence-electron chi connectivity index (χ3n) is 2.74. The van der Waals surface area contributed by atoms with Gasteiger partial charge in [0, 0.05) is 0 Å². The molecule has 1 heterocycles. The molecule has 0 fully saturated rings. The fourth-order valence-electron chi connectivity index (χ4n) is 1.68. The summed E-state index contributed by atoms with van der Waals surface area (Å²) in [7, 11) is 4.54. The normalized spacial score (nSPS) is 10.6. The SMILES string of the molecule is COC(=O)c1cnc(/C=C\c2ccc(OC)c(OC)c2)s1. The molecule has 0 saturated carbocycles. The van der Waals surface area contributed by atoms with Crippen molar-refractivity contribution in [2.75, 3.05) is 21.3 Å². The van der Waals surface area contributed by atoms with Crippen LogP contribution in [0.3, 0.4) is 0 Å². The smallest absolute Gasteiger partial charge is 0.349 e. The van der Waals surface area contributed by atoms with E-state index in [0.717, 1.165) is 10.6 Å². The quantitative estimate of drug-likeness (QED) is 0.794. The summed E-state index contributed by atoms with van der Waals surface area (Å²) in [4.78, 5) is 16.0. The second kappa shape index (κ2) is 6.90. The first kappa shape index (κ1) is 15.1. The maximum absolute atomic E-state index is 11.3. The molecule has 5 nitrogen and oxygen atoms in total. The summed E-state index contributed by atoms with van der Waals surface area (Å²) in [6, 6.07) is 5.61. The zero-order valence-electron chi connectivity index (χ0n) is 12.0.